The van der Waals surface area contributed by atoms with Crippen molar-refractivity contribution in [2.45, 2.75) is 116 Å². The van der Waals surface area contributed by atoms with Gasteiger partial charge in [-0.05, 0) is 33.5 Å². The van der Waals surface area contributed by atoms with Crippen LogP contribution in [-0.2, 0) is 0 Å². The van der Waals surface area contributed by atoms with Gasteiger partial charge in [0.25, 0.3) is 0 Å². The third-order valence-corrected chi connectivity index (χ3v) is 4.92. The zero-order chi connectivity index (χ0) is 17.2. The summed E-state index contributed by atoms with van der Waals surface area (Å²) < 4.78 is 0. The molecular formula is C21H46N2. The lowest BCUT2D eigenvalue weighted by Gasteiger charge is -2.24. The molecule has 0 aromatic heterocycles. The van der Waals surface area contributed by atoms with E-state index in [1.807, 2.05) is 0 Å². The molecule has 1 atom stereocenters. The minimum absolute atomic E-state index is 0.553. The summed E-state index contributed by atoms with van der Waals surface area (Å²) >= 11 is 0. The summed E-state index contributed by atoms with van der Waals surface area (Å²) in [6, 6.07) is 0. The number of hydrogen-bond acceptors (Lipinski definition) is 2. The molecule has 2 heteroatoms. The molecule has 0 bridgehead atoms. The first kappa shape index (κ1) is 22.9. The largest absolute Gasteiger partial charge is 0.302 e. The van der Waals surface area contributed by atoms with Crippen molar-refractivity contribution in [2.24, 2.45) is 0 Å². The molecule has 0 aliphatic rings. The second kappa shape index (κ2) is 18.3. The molecule has 0 aromatic rings. The number of nitrogens with zero attached hydrogens (tertiary/aromatic N) is 1. The lowest BCUT2D eigenvalue weighted by atomic mass is 10.0. The van der Waals surface area contributed by atoms with Gasteiger partial charge in [0.05, 0.1) is 6.17 Å². The first-order valence-corrected chi connectivity index (χ1v) is 10.6. The highest BCUT2D eigenvalue weighted by Gasteiger charge is 2.05. The molecule has 1 N–H and O–H groups in total. The molecule has 2 nitrogen and oxygen atoms in total. The van der Waals surface area contributed by atoms with Gasteiger partial charge in [-0.15, -0.1) is 0 Å². The Balaban J connectivity index is 3.10. The SMILES string of the molecule is CCCCCCCCCCCCCCCCNC(CC)N(C)C. The molecule has 0 rings (SSSR count). The molecule has 1 unspecified atom stereocenters. The smallest absolute Gasteiger partial charge is 0.0589 e. The Bertz CT molecular complexity index is 216. The van der Waals surface area contributed by atoms with Gasteiger partial charge in [0, 0.05) is 0 Å². The van der Waals surface area contributed by atoms with Gasteiger partial charge in [0.2, 0.25) is 0 Å². The maximum atomic E-state index is 3.64. The van der Waals surface area contributed by atoms with Crippen LogP contribution in [0.15, 0.2) is 0 Å². The van der Waals surface area contributed by atoms with E-state index in [1.54, 1.807) is 0 Å². The van der Waals surface area contributed by atoms with Crippen LogP contribution in [-0.4, -0.2) is 31.7 Å². The second-order valence-electron chi connectivity index (χ2n) is 7.44. The Morgan fingerprint density at radius 2 is 1.00 bits per heavy atom. The van der Waals surface area contributed by atoms with E-state index >= 15 is 0 Å². The van der Waals surface area contributed by atoms with Crippen LogP contribution in [0.4, 0.5) is 0 Å². The average molecular weight is 327 g/mol. The van der Waals surface area contributed by atoms with Crippen molar-refractivity contribution in [3.63, 3.8) is 0 Å². The van der Waals surface area contributed by atoms with E-state index in [0.29, 0.717) is 6.17 Å². The molecule has 0 radical (unpaired) electrons. The molecule has 23 heavy (non-hydrogen) atoms. The highest BCUT2D eigenvalue weighted by atomic mass is 15.2. The van der Waals surface area contributed by atoms with Crippen molar-refractivity contribution in [3.8, 4) is 0 Å². The molecule has 140 valence electrons. The first-order chi connectivity index (χ1) is 11.2. The van der Waals surface area contributed by atoms with E-state index in [2.05, 4.69) is 38.2 Å². The molecule has 0 fully saturated rings. The quantitative estimate of drug-likeness (QED) is 0.233. The molecule has 0 aromatic carbocycles. The third-order valence-electron chi connectivity index (χ3n) is 4.92. The highest BCUT2D eigenvalue weighted by molar-refractivity contribution is 4.61. The molecule has 0 aliphatic carbocycles. The Morgan fingerprint density at radius 3 is 1.35 bits per heavy atom. The predicted molar refractivity (Wildman–Crippen MR) is 106 cm³/mol. The van der Waals surface area contributed by atoms with Crippen LogP contribution in [0.2, 0.25) is 0 Å². The van der Waals surface area contributed by atoms with Crippen molar-refractivity contribution < 1.29 is 0 Å². The fourth-order valence-corrected chi connectivity index (χ4v) is 3.28. The van der Waals surface area contributed by atoms with E-state index in [9.17, 15) is 0 Å². The lowest BCUT2D eigenvalue weighted by molar-refractivity contribution is 0.238. The maximum Gasteiger partial charge on any atom is 0.0589 e. The Kier molecular flexibility index (Phi) is 18.2. The van der Waals surface area contributed by atoms with Gasteiger partial charge < -0.3 is 5.32 Å². The van der Waals surface area contributed by atoms with Gasteiger partial charge in [-0.3, -0.25) is 4.90 Å². The summed E-state index contributed by atoms with van der Waals surface area (Å²) in [4.78, 5) is 2.28. The van der Waals surface area contributed by atoms with Crippen LogP contribution >= 0.6 is 0 Å². The van der Waals surface area contributed by atoms with Crippen LogP contribution < -0.4 is 5.32 Å². The fraction of sp³-hybridized carbons (Fsp3) is 1.00. The van der Waals surface area contributed by atoms with Gasteiger partial charge in [-0.25, -0.2) is 0 Å². The summed E-state index contributed by atoms with van der Waals surface area (Å²) in [5.41, 5.74) is 0. The summed E-state index contributed by atoms with van der Waals surface area (Å²) in [5.74, 6) is 0. The van der Waals surface area contributed by atoms with Crippen LogP contribution in [0.3, 0.4) is 0 Å². The number of hydrogen-bond donors (Lipinski definition) is 1. The van der Waals surface area contributed by atoms with E-state index in [-0.39, 0.29) is 0 Å². The van der Waals surface area contributed by atoms with E-state index in [0.717, 1.165) is 0 Å². The van der Waals surface area contributed by atoms with Crippen LogP contribution in [0, 0.1) is 0 Å². The van der Waals surface area contributed by atoms with Crippen molar-refractivity contribution in [1.29, 1.82) is 0 Å². The summed E-state index contributed by atoms with van der Waals surface area (Å²) in [6.45, 7) is 5.72. The maximum absolute atomic E-state index is 3.64. The molecule has 0 aliphatic heterocycles. The Hall–Kier alpha value is -0.0800. The van der Waals surface area contributed by atoms with Gasteiger partial charge in [-0.1, -0.05) is 97.3 Å². The van der Waals surface area contributed by atoms with Gasteiger partial charge in [0.1, 0.15) is 0 Å². The number of unbranched alkanes of at least 4 members (excludes halogenated alkanes) is 13. The Labute approximate surface area is 147 Å². The number of nitrogens with one attached hydrogen (secondary N) is 1. The molecule has 0 saturated heterocycles. The van der Waals surface area contributed by atoms with Gasteiger partial charge in [-0.2, -0.15) is 0 Å². The number of rotatable bonds is 18. The van der Waals surface area contributed by atoms with E-state index < -0.39 is 0 Å². The van der Waals surface area contributed by atoms with Crippen LogP contribution in [0.25, 0.3) is 0 Å². The lowest BCUT2D eigenvalue weighted by Crippen LogP contribution is -2.41. The molecule has 0 heterocycles. The normalized spacial score (nSPS) is 12.9. The van der Waals surface area contributed by atoms with E-state index in [1.165, 1.54) is 103 Å². The fourth-order valence-electron chi connectivity index (χ4n) is 3.28. The molecule has 0 spiro atoms. The van der Waals surface area contributed by atoms with Gasteiger partial charge >= 0.3 is 0 Å². The molecular weight excluding hydrogens is 280 g/mol. The monoisotopic (exact) mass is 326 g/mol. The second-order valence-corrected chi connectivity index (χ2v) is 7.44. The van der Waals surface area contributed by atoms with Gasteiger partial charge in [0.15, 0.2) is 0 Å². The molecule has 0 saturated carbocycles. The predicted octanol–water partition coefficient (Wildman–Crippen LogP) is 6.36. The summed E-state index contributed by atoms with van der Waals surface area (Å²) in [7, 11) is 4.32. The third kappa shape index (κ3) is 16.6. The topological polar surface area (TPSA) is 15.3 Å². The van der Waals surface area contributed by atoms with Crippen molar-refractivity contribution >= 4 is 0 Å². The standard InChI is InChI=1S/C21H46N2/c1-5-7-8-9-10-11-12-13-14-15-16-17-18-19-20-22-21(6-2)23(3)4/h21-22H,5-20H2,1-4H3. The zero-order valence-electron chi connectivity index (χ0n) is 16.8. The van der Waals surface area contributed by atoms with Crippen molar-refractivity contribution in [1.82, 2.24) is 10.2 Å². The van der Waals surface area contributed by atoms with Crippen LogP contribution in [0.5, 0.6) is 0 Å². The van der Waals surface area contributed by atoms with Crippen molar-refractivity contribution in [2.75, 3.05) is 20.6 Å². The minimum Gasteiger partial charge on any atom is -0.302 e. The highest BCUT2D eigenvalue weighted by Crippen LogP contribution is 2.12. The average Bonchev–Trinajstić information content (AvgIpc) is 2.54. The minimum atomic E-state index is 0.553. The first-order valence-electron chi connectivity index (χ1n) is 10.6. The molecule has 0 amide bonds. The van der Waals surface area contributed by atoms with E-state index in [4.69, 9.17) is 0 Å². The van der Waals surface area contributed by atoms with Crippen molar-refractivity contribution in [3.05, 3.63) is 0 Å². The zero-order valence-corrected chi connectivity index (χ0v) is 16.8. The summed E-state index contributed by atoms with van der Waals surface area (Å²) in [6.07, 6.45) is 21.9. The summed E-state index contributed by atoms with van der Waals surface area (Å²) in [5, 5.41) is 3.64. The van der Waals surface area contributed by atoms with Crippen LogP contribution in [0.1, 0.15) is 110 Å². The Morgan fingerprint density at radius 1 is 0.609 bits per heavy atom.